The molecule has 1 N–H and O–H groups in total. The van der Waals surface area contributed by atoms with E-state index < -0.39 is 5.60 Å². The summed E-state index contributed by atoms with van der Waals surface area (Å²) < 4.78 is 4.31. The van der Waals surface area contributed by atoms with Crippen molar-refractivity contribution in [3.8, 4) is 0 Å². The molecule has 90 valence electrons. The van der Waals surface area contributed by atoms with Gasteiger partial charge in [0.15, 0.2) is 0 Å². The Hall–Kier alpha value is -1.27. The maximum Gasteiger partial charge on any atom is 0.149 e. The fourth-order valence-electron chi connectivity index (χ4n) is 2.27. The summed E-state index contributed by atoms with van der Waals surface area (Å²) in [6.45, 7) is 5.28. The maximum absolute atomic E-state index is 10.0. The summed E-state index contributed by atoms with van der Waals surface area (Å²) >= 11 is 1.40. The van der Waals surface area contributed by atoms with Crippen LogP contribution in [0.3, 0.4) is 0 Å². The van der Waals surface area contributed by atoms with Crippen LogP contribution in [-0.4, -0.2) is 38.1 Å². The molecule has 0 amide bonds. The molecule has 1 saturated heterocycles. The van der Waals surface area contributed by atoms with Crippen molar-refractivity contribution in [3.63, 3.8) is 0 Å². The van der Waals surface area contributed by atoms with Gasteiger partial charge in [-0.25, -0.2) is 9.97 Å². The summed E-state index contributed by atoms with van der Waals surface area (Å²) in [6.07, 6.45) is 2.34. The third-order valence-corrected chi connectivity index (χ3v) is 4.02. The number of anilines is 1. The highest BCUT2D eigenvalue weighted by molar-refractivity contribution is 7.13. The monoisotopic (exact) mass is 250 g/mol. The van der Waals surface area contributed by atoms with Gasteiger partial charge in [0.25, 0.3) is 0 Å². The molecule has 2 aromatic heterocycles. The summed E-state index contributed by atoms with van der Waals surface area (Å²) in [4.78, 5) is 11.6. The van der Waals surface area contributed by atoms with Crippen molar-refractivity contribution < 1.29 is 5.11 Å². The van der Waals surface area contributed by atoms with Gasteiger partial charge < -0.3 is 10.0 Å². The number of β-amino-alcohol motifs (C(OH)–C–C–N with tert-alkyl or cyclic N) is 1. The Labute approximate surface area is 103 Å². The standard InChI is InChI=1S/C11H14N4OS/c1-7-8-9(12-6-13-10(8)17-14-7)15-4-3-11(2,16)5-15/h6,16H,3-5H2,1-2H3. The molecular weight excluding hydrogens is 236 g/mol. The van der Waals surface area contributed by atoms with Crippen LogP contribution in [0.2, 0.25) is 0 Å². The van der Waals surface area contributed by atoms with E-state index in [4.69, 9.17) is 0 Å². The number of aryl methyl sites for hydroxylation is 1. The third kappa shape index (κ3) is 1.77. The molecule has 1 atom stereocenters. The van der Waals surface area contributed by atoms with Crippen LogP contribution in [0.1, 0.15) is 19.0 Å². The lowest BCUT2D eigenvalue weighted by Gasteiger charge is -2.20. The van der Waals surface area contributed by atoms with Crippen molar-refractivity contribution in [1.82, 2.24) is 14.3 Å². The molecule has 17 heavy (non-hydrogen) atoms. The van der Waals surface area contributed by atoms with Gasteiger partial charge in [0.05, 0.1) is 16.7 Å². The Morgan fingerprint density at radius 3 is 3.00 bits per heavy atom. The Morgan fingerprint density at radius 2 is 2.29 bits per heavy atom. The number of aromatic nitrogens is 3. The first-order valence-corrected chi connectivity index (χ1v) is 6.38. The van der Waals surface area contributed by atoms with Crippen LogP contribution < -0.4 is 4.90 Å². The van der Waals surface area contributed by atoms with Gasteiger partial charge in [-0.05, 0) is 31.8 Å². The van der Waals surface area contributed by atoms with Gasteiger partial charge in [0, 0.05) is 13.1 Å². The molecule has 0 bridgehead atoms. The Bertz CT molecular complexity index is 566. The van der Waals surface area contributed by atoms with Crippen molar-refractivity contribution in [2.24, 2.45) is 0 Å². The number of aliphatic hydroxyl groups is 1. The van der Waals surface area contributed by atoms with Crippen molar-refractivity contribution in [2.75, 3.05) is 18.0 Å². The zero-order valence-corrected chi connectivity index (χ0v) is 10.7. The SMILES string of the molecule is Cc1nsc2ncnc(N3CCC(C)(O)C3)c12. The fourth-order valence-corrected chi connectivity index (χ4v) is 3.01. The van der Waals surface area contributed by atoms with Crippen LogP contribution >= 0.6 is 11.5 Å². The Balaban J connectivity index is 2.09. The van der Waals surface area contributed by atoms with E-state index in [0.717, 1.165) is 34.7 Å². The highest BCUT2D eigenvalue weighted by Gasteiger charge is 2.33. The molecule has 0 saturated carbocycles. The van der Waals surface area contributed by atoms with E-state index in [1.54, 1.807) is 6.33 Å². The minimum absolute atomic E-state index is 0.616. The second kappa shape index (κ2) is 3.61. The summed E-state index contributed by atoms with van der Waals surface area (Å²) in [5.74, 6) is 0.902. The minimum Gasteiger partial charge on any atom is -0.388 e. The third-order valence-electron chi connectivity index (χ3n) is 3.17. The molecule has 2 aromatic rings. The smallest absolute Gasteiger partial charge is 0.149 e. The number of hydrogen-bond acceptors (Lipinski definition) is 6. The van der Waals surface area contributed by atoms with Gasteiger partial charge in [-0.2, -0.15) is 4.37 Å². The van der Waals surface area contributed by atoms with E-state index in [1.165, 1.54) is 11.5 Å². The van der Waals surface area contributed by atoms with Crippen LogP contribution in [0.25, 0.3) is 10.2 Å². The van der Waals surface area contributed by atoms with Crippen LogP contribution in [0.4, 0.5) is 5.82 Å². The topological polar surface area (TPSA) is 62.1 Å². The van der Waals surface area contributed by atoms with Gasteiger partial charge in [-0.3, -0.25) is 0 Å². The minimum atomic E-state index is -0.616. The average Bonchev–Trinajstić information content (AvgIpc) is 2.83. The van der Waals surface area contributed by atoms with Crippen LogP contribution in [-0.2, 0) is 0 Å². The molecule has 0 radical (unpaired) electrons. The van der Waals surface area contributed by atoms with E-state index in [0.29, 0.717) is 6.54 Å². The van der Waals surface area contributed by atoms with Crippen LogP contribution in [0, 0.1) is 6.92 Å². The molecular formula is C11H14N4OS. The largest absolute Gasteiger partial charge is 0.388 e. The number of hydrogen-bond donors (Lipinski definition) is 1. The second-order valence-electron chi connectivity index (χ2n) is 4.81. The second-order valence-corrected chi connectivity index (χ2v) is 5.57. The lowest BCUT2D eigenvalue weighted by molar-refractivity contribution is 0.0839. The highest BCUT2D eigenvalue weighted by Crippen LogP contribution is 2.32. The lowest BCUT2D eigenvalue weighted by Crippen LogP contribution is -2.30. The number of nitrogens with zero attached hydrogens (tertiary/aromatic N) is 4. The van der Waals surface area contributed by atoms with E-state index in [-0.39, 0.29) is 0 Å². The van der Waals surface area contributed by atoms with E-state index in [9.17, 15) is 5.11 Å². The molecule has 0 aromatic carbocycles. The molecule has 6 heteroatoms. The van der Waals surface area contributed by atoms with Crippen molar-refractivity contribution in [3.05, 3.63) is 12.0 Å². The van der Waals surface area contributed by atoms with E-state index in [1.807, 2.05) is 13.8 Å². The fraction of sp³-hybridized carbons (Fsp3) is 0.545. The van der Waals surface area contributed by atoms with Crippen molar-refractivity contribution in [2.45, 2.75) is 25.9 Å². The van der Waals surface area contributed by atoms with Gasteiger partial charge in [0.1, 0.15) is 17.0 Å². The van der Waals surface area contributed by atoms with Crippen molar-refractivity contribution >= 4 is 27.6 Å². The lowest BCUT2D eigenvalue weighted by atomic mass is 10.1. The van der Waals surface area contributed by atoms with Gasteiger partial charge >= 0.3 is 0 Å². The molecule has 3 heterocycles. The number of fused-ring (bicyclic) bond motifs is 1. The zero-order chi connectivity index (χ0) is 12.0. The first kappa shape index (κ1) is 10.9. The highest BCUT2D eigenvalue weighted by atomic mass is 32.1. The summed E-state index contributed by atoms with van der Waals surface area (Å²) in [5, 5.41) is 11.0. The molecule has 5 nitrogen and oxygen atoms in total. The van der Waals surface area contributed by atoms with Gasteiger partial charge in [0.2, 0.25) is 0 Å². The first-order chi connectivity index (χ1) is 8.07. The molecule has 1 unspecified atom stereocenters. The molecule has 3 rings (SSSR count). The molecule has 0 aliphatic carbocycles. The molecule has 1 aliphatic heterocycles. The van der Waals surface area contributed by atoms with Gasteiger partial charge in [-0.1, -0.05) is 0 Å². The maximum atomic E-state index is 10.0. The average molecular weight is 250 g/mol. The Kier molecular flexibility index (Phi) is 2.31. The molecule has 1 fully saturated rings. The predicted molar refractivity (Wildman–Crippen MR) is 67.4 cm³/mol. The quantitative estimate of drug-likeness (QED) is 0.828. The summed E-state index contributed by atoms with van der Waals surface area (Å²) in [7, 11) is 0. The normalized spacial score (nSPS) is 24.8. The molecule has 1 aliphatic rings. The van der Waals surface area contributed by atoms with Crippen molar-refractivity contribution in [1.29, 1.82) is 0 Å². The predicted octanol–water partition coefficient (Wildman–Crippen LogP) is 1.36. The summed E-state index contributed by atoms with van der Waals surface area (Å²) in [6, 6.07) is 0. The first-order valence-electron chi connectivity index (χ1n) is 5.61. The van der Waals surface area contributed by atoms with Gasteiger partial charge in [-0.15, -0.1) is 0 Å². The summed E-state index contributed by atoms with van der Waals surface area (Å²) in [5.41, 5.74) is 0.349. The van der Waals surface area contributed by atoms with Crippen LogP contribution in [0.5, 0.6) is 0 Å². The van der Waals surface area contributed by atoms with Crippen LogP contribution in [0.15, 0.2) is 6.33 Å². The number of rotatable bonds is 1. The van der Waals surface area contributed by atoms with E-state index >= 15 is 0 Å². The molecule has 0 spiro atoms. The Morgan fingerprint density at radius 1 is 1.47 bits per heavy atom. The zero-order valence-electron chi connectivity index (χ0n) is 9.84. The van der Waals surface area contributed by atoms with E-state index in [2.05, 4.69) is 19.2 Å².